The average molecular weight is 342 g/mol. The van der Waals surface area contributed by atoms with Crippen molar-refractivity contribution in [2.45, 2.75) is 56.9 Å². The number of hydrogen-bond donors (Lipinski definition) is 2. The van der Waals surface area contributed by atoms with Crippen LogP contribution in [0.1, 0.15) is 56.7 Å². The number of aromatic nitrogens is 2. The minimum atomic E-state index is -0.807. The van der Waals surface area contributed by atoms with E-state index in [0.717, 1.165) is 30.3 Å². The lowest BCUT2D eigenvalue weighted by molar-refractivity contribution is 0.117. The fourth-order valence-electron chi connectivity index (χ4n) is 4.42. The van der Waals surface area contributed by atoms with Gasteiger partial charge >= 0.3 is 6.09 Å². The van der Waals surface area contributed by atoms with Crippen molar-refractivity contribution in [2.75, 3.05) is 13.1 Å². The van der Waals surface area contributed by atoms with Crippen molar-refractivity contribution in [1.82, 2.24) is 14.9 Å². The summed E-state index contributed by atoms with van der Waals surface area (Å²) in [6, 6.07) is 6.28. The number of imidazole rings is 1. The van der Waals surface area contributed by atoms with Crippen LogP contribution in [0.5, 0.6) is 5.75 Å². The smallest absolute Gasteiger partial charge is 0.408 e. The van der Waals surface area contributed by atoms with E-state index in [1.807, 2.05) is 12.1 Å². The van der Waals surface area contributed by atoms with Gasteiger partial charge in [-0.15, -0.1) is 0 Å². The number of benzene rings is 1. The van der Waals surface area contributed by atoms with Crippen LogP contribution in [0.4, 0.5) is 4.79 Å². The molecule has 2 heterocycles. The van der Waals surface area contributed by atoms with Crippen molar-refractivity contribution < 1.29 is 9.53 Å². The van der Waals surface area contributed by atoms with Crippen LogP contribution < -0.4 is 10.5 Å². The van der Waals surface area contributed by atoms with E-state index in [0.29, 0.717) is 17.2 Å². The molecule has 1 aromatic carbocycles. The van der Waals surface area contributed by atoms with E-state index in [1.165, 1.54) is 45.1 Å². The lowest BCUT2D eigenvalue weighted by Crippen LogP contribution is -2.43. The summed E-state index contributed by atoms with van der Waals surface area (Å²) < 4.78 is 5.09. The van der Waals surface area contributed by atoms with Gasteiger partial charge in [-0.25, -0.2) is 9.78 Å². The first kappa shape index (κ1) is 16.4. The number of carbonyl (C=O) groups is 1. The highest BCUT2D eigenvalue weighted by atomic mass is 16.5. The normalized spacial score (nSPS) is 23.0. The molecular weight excluding hydrogens is 316 g/mol. The van der Waals surface area contributed by atoms with Gasteiger partial charge in [0.2, 0.25) is 0 Å². The molecule has 2 aromatic rings. The Morgan fingerprint density at radius 2 is 2.04 bits per heavy atom. The molecule has 1 aliphatic heterocycles. The zero-order chi connectivity index (χ0) is 17.2. The fraction of sp³-hybridized carbons (Fsp3) is 0.579. The van der Waals surface area contributed by atoms with Crippen LogP contribution in [-0.2, 0) is 0 Å². The maximum atomic E-state index is 11.1. The van der Waals surface area contributed by atoms with Gasteiger partial charge in [-0.3, -0.25) is 4.90 Å². The number of nitrogens with two attached hydrogens (primary N) is 1. The molecular formula is C19H26N4O2. The number of nitrogens with one attached hydrogen (secondary N) is 1. The quantitative estimate of drug-likeness (QED) is 0.893. The molecule has 1 atom stereocenters. The summed E-state index contributed by atoms with van der Waals surface area (Å²) in [5.41, 5.74) is 6.74. The van der Waals surface area contributed by atoms with Crippen LogP contribution in [0.2, 0.25) is 0 Å². The molecule has 134 valence electrons. The highest BCUT2D eigenvalue weighted by molar-refractivity contribution is 5.84. The third-order valence-corrected chi connectivity index (χ3v) is 5.64. The van der Waals surface area contributed by atoms with E-state index in [2.05, 4.69) is 9.88 Å². The zero-order valence-corrected chi connectivity index (χ0v) is 14.5. The van der Waals surface area contributed by atoms with Crippen LogP contribution in [0.25, 0.3) is 11.0 Å². The average Bonchev–Trinajstić information content (AvgIpc) is 3.08. The van der Waals surface area contributed by atoms with Crippen LogP contribution in [0.15, 0.2) is 18.2 Å². The highest BCUT2D eigenvalue weighted by Gasteiger charge is 2.29. The summed E-state index contributed by atoms with van der Waals surface area (Å²) in [6.07, 6.45) is 8.34. The molecule has 6 nitrogen and oxygen atoms in total. The van der Waals surface area contributed by atoms with E-state index in [1.54, 1.807) is 6.07 Å². The molecule has 0 spiro atoms. The summed E-state index contributed by atoms with van der Waals surface area (Å²) in [6.45, 7) is 2.27. The summed E-state index contributed by atoms with van der Waals surface area (Å²) in [5, 5.41) is 0. The number of fused-ring (bicyclic) bond motifs is 1. The minimum absolute atomic E-state index is 0.407. The number of nitrogens with zero attached hydrogens (tertiary/aromatic N) is 2. The van der Waals surface area contributed by atoms with E-state index in [9.17, 15) is 4.79 Å². The molecule has 1 saturated carbocycles. The van der Waals surface area contributed by atoms with Gasteiger partial charge in [-0.2, -0.15) is 0 Å². The minimum Gasteiger partial charge on any atom is -0.408 e. The molecule has 2 fully saturated rings. The Kier molecular flexibility index (Phi) is 4.61. The zero-order valence-electron chi connectivity index (χ0n) is 14.5. The van der Waals surface area contributed by atoms with Gasteiger partial charge in [0.25, 0.3) is 0 Å². The third kappa shape index (κ3) is 3.49. The largest absolute Gasteiger partial charge is 0.410 e. The summed E-state index contributed by atoms with van der Waals surface area (Å²) in [7, 11) is 0. The Labute approximate surface area is 147 Å². The number of rotatable bonds is 3. The molecule has 0 radical (unpaired) electrons. The molecule has 1 saturated heterocycles. The number of aromatic amines is 1. The molecule has 25 heavy (non-hydrogen) atoms. The highest BCUT2D eigenvalue weighted by Crippen LogP contribution is 2.33. The predicted molar refractivity (Wildman–Crippen MR) is 96.7 cm³/mol. The molecule has 2 aliphatic rings. The second-order valence-corrected chi connectivity index (χ2v) is 7.32. The number of primary amides is 1. The monoisotopic (exact) mass is 342 g/mol. The molecule has 1 amide bonds. The van der Waals surface area contributed by atoms with Crippen LogP contribution >= 0.6 is 0 Å². The number of amides is 1. The summed E-state index contributed by atoms with van der Waals surface area (Å²) >= 11 is 0. The van der Waals surface area contributed by atoms with Crippen molar-refractivity contribution in [3.05, 3.63) is 24.0 Å². The number of carbonyl (C=O) groups excluding carboxylic acids is 1. The number of H-pyrrole nitrogens is 1. The van der Waals surface area contributed by atoms with E-state index < -0.39 is 6.09 Å². The molecule has 3 N–H and O–H groups in total. The first-order valence-electron chi connectivity index (χ1n) is 9.40. The Bertz CT molecular complexity index is 751. The lowest BCUT2D eigenvalue weighted by atomic mass is 9.90. The SMILES string of the molecule is NC(=O)Oc1cccc2[nH]c(C3CCCN(C4CCCCC4)C3)nc12. The maximum Gasteiger partial charge on any atom is 0.410 e. The first-order chi connectivity index (χ1) is 12.2. The second kappa shape index (κ2) is 7.04. The Morgan fingerprint density at radius 3 is 2.84 bits per heavy atom. The fourth-order valence-corrected chi connectivity index (χ4v) is 4.42. The molecule has 1 aromatic heterocycles. The van der Waals surface area contributed by atoms with Gasteiger partial charge in [0, 0.05) is 18.5 Å². The molecule has 6 heteroatoms. The van der Waals surface area contributed by atoms with Gasteiger partial charge < -0.3 is 15.5 Å². The van der Waals surface area contributed by atoms with E-state index >= 15 is 0 Å². The summed E-state index contributed by atoms with van der Waals surface area (Å²) in [4.78, 5) is 21.9. The Morgan fingerprint density at radius 1 is 1.20 bits per heavy atom. The van der Waals surface area contributed by atoms with Crippen molar-refractivity contribution in [3.63, 3.8) is 0 Å². The number of ether oxygens (including phenoxy) is 1. The first-order valence-corrected chi connectivity index (χ1v) is 9.40. The Balaban J connectivity index is 1.55. The topological polar surface area (TPSA) is 84.2 Å². The maximum absolute atomic E-state index is 11.1. The van der Waals surface area contributed by atoms with Crippen molar-refractivity contribution >= 4 is 17.1 Å². The Hall–Kier alpha value is -2.08. The number of piperidine rings is 1. The van der Waals surface area contributed by atoms with Crippen LogP contribution in [-0.4, -0.2) is 40.1 Å². The van der Waals surface area contributed by atoms with Crippen molar-refractivity contribution in [1.29, 1.82) is 0 Å². The van der Waals surface area contributed by atoms with Gasteiger partial charge in [0.15, 0.2) is 5.75 Å². The molecule has 0 bridgehead atoms. The van der Waals surface area contributed by atoms with Gasteiger partial charge in [-0.05, 0) is 44.4 Å². The van der Waals surface area contributed by atoms with E-state index in [4.69, 9.17) is 15.5 Å². The van der Waals surface area contributed by atoms with Crippen molar-refractivity contribution in [3.8, 4) is 5.75 Å². The van der Waals surface area contributed by atoms with Crippen molar-refractivity contribution in [2.24, 2.45) is 5.73 Å². The van der Waals surface area contributed by atoms with Gasteiger partial charge in [0.1, 0.15) is 11.3 Å². The second-order valence-electron chi connectivity index (χ2n) is 7.32. The standard InChI is InChI=1S/C19H26N4O2/c20-19(24)25-16-10-4-9-15-17(16)22-18(21-15)13-6-5-11-23(12-13)14-7-2-1-3-8-14/h4,9-10,13-14H,1-3,5-8,11-12H2,(H2,20,24)(H,21,22). The molecule has 1 unspecified atom stereocenters. The predicted octanol–water partition coefficient (Wildman–Crippen LogP) is 3.53. The third-order valence-electron chi connectivity index (χ3n) is 5.64. The molecule has 4 rings (SSSR count). The van der Waals surface area contributed by atoms with Gasteiger partial charge in [-0.1, -0.05) is 25.3 Å². The van der Waals surface area contributed by atoms with Crippen LogP contribution in [0.3, 0.4) is 0 Å². The van der Waals surface area contributed by atoms with E-state index in [-0.39, 0.29) is 0 Å². The van der Waals surface area contributed by atoms with Crippen LogP contribution in [0, 0.1) is 0 Å². The number of hydrogen-bond acceptors (Lipinski definition) is 4. The molecule has 1 aliphatic carbocycles. The lowest BCUT2D eigenvalue weighted by Gasteiger charge is -2.39. The van der Waals surface area contributed by atoms with Gasteiger partial charge in [0.05, 0.1) is 5.52 Å². The number of likely N-dealkylation sites (tertiary alicyclic amines) is 1. The number of para-hydroxylation sites is 1. The summed E-state index contributed by atoms with van der Waals surface area (Å²) in [5.74, 6) is 1.83.